The standard InChI is InChI=1S/C24H24N2O8Si/c1-11-5-7-15(17(9-11)19(27)25-13(3)21(29)30)23(33)35-24(34)16-8-6-12(2)10-18(16)20(28)26-14(4)22(31)32/h5-10,13-14H,1-4H3,(H,25,27)(H,26,28)(H,29,30)(H,31,32)/t13-,14-/m0/s1. The number of benzene rings is 2. The number of aliphatic carboxylic acids is 2. The van der Waals surface area contributed by atoms with Crippen LogP contribution in [-0.2, 0) is 9.59 Å². The second-order valence-corrected chi connectivity index (χ2v) is 9.11. The van der Waals surface area contributed by atoms with Crippen molar-refractivity contribution in [1.29, 1.82) is 0 Å². The van der Waals surface area contributed by atoms with Gasteiger partial charge in [0, 0.05) is 22.3 Å². The second kappa shape index (κ2) is 11.3. The number of hydrogen-bond donors (Lipinski definition) is 4. The average Bonchev–Trinajstić information content (AvgIpc) is 2.78. The highest BCUT2D eigenvalue weighted by atomic mass is 28.2. The van der Waals surface area contributed by atoms with E-state index in [0.717, 1.165) is 0 Å². The van der Waals surface area contributed by atoms with Crippen LogP contribution in [0.5, 0.6) is 0 Å². The summed E-state index contributed by atoms with van der Waals surface area (Å²) in [5, 5.41) is 21.3. The first-order chi connectivity index (χ1) is 16.3. The number of nitrogens with one attached hydrogen (secondary N) is 2. The first-order valence-corrected chi connectivity index (χ1v) is 11.5. The molecule has 0 fully saturated rings. The van der Waals surface area contributed by atoms with Gasteiger partial charge in [0.05, 0.1) is 0 Å². The molecule has 2 atom stereocenters. The van der Waals surface area contributed by atoms with Gasteiger partial charge < -0.3 is 30.4 Å². The molecule has 0 aliphatic rings. The van der Waals surface area contributed by atoms with Gasteiger partial charge in [0.2, 0.25) is 9.52 Å². The third-order valence-electron chi connectivity index (χ3n) is 4.99. The normalized spacial score (nSPS) is 12.2. The molecule has 0 aromatic heterocycles. The van der Waals surface area contributed by atoms with Crippen LogP contribution in [0.25, 0.3) is 0 Å². The zero-order chi connectivity index (χ0) is 26.4. The average molecular weight is 497 g/mol. The van der Waals surface area contributed by atoms with Gasteiger partial charge in [0.1, 0.15) is 22.9 Å². The topological polar surface area (TPSA) is 167 Å². The highest BCUT2D eigenvalue weighted by Gasteiger charge is 2.26. The summed E-state index contributed by atoms with van der Waals surface area (Å²) in [6.45, 7) is 5.93. The Bertz CT molecular complexity index is 1130. The van der Waals surface area contributed by atoms with Crippen LogP contribution in [0.1, 0.15) is 66.4 Å². The fraction of sp³-hybridized carbons (Fsp3) is 0.250. The van der Waals surface area contributed by atoms with Crippen LogP contribution in [0.3, 0.4) is 0 Å². The van der Waals surface area contributed by atoms with Crippen LogP contribution in [0.4, 0.5) is 0 Å². The van der Waals surface area contributed by atoms with E-state index in [9.17, 15) is 28.8 Å². The SMILES string of the molecule is Cc1ccc(C(=O)[Si]C(=O)c2ccc(C)cc2C(=O)N[C@@H](C)C(=O)O)c(C(=O)N[C@@H](C)C(=O)O)c1. The van der Waals surface area contributed by atoms with Crippen LogP contribution in [0.15, 0.2) is 36.4 Å². The van der Waals surface area contributed by atoms with Gasteiger partial charge in [-0.25, -0.2) is 0 Å². The Balaban J connectivity index is 2.35. The smallest absolute Gasteiger partial charge is 0.325 e. The fourth-order valence-electron chi connectivity index (χ4n) is 3.00. The van der Waals surface area contributed by atoms with Crippen molar-refractivity contribution in [3.63, 3.8) is 0 Å². The van der Waals surface area contributed by atoms with Crippen molar-refractivity contribution >= 4 is 44.1 Å². The maximum atomic E-state index is 13.0. The van der Waals surface area contributed by atoms with Crippen molar-refractivity contribution in [3.8, 4) is 0 Å². The second-order valence-electron chi connectivity index (χ2n) is 7.95. The molecule has 0 bridgehead atoms. The molecule has 0 saturated heterocycles. The van der Waals surface area contributed by atoms with Crippen molar-refractivity contribution in [2.24, 2.45) is 0 Å². The summed E-state index contributed by atoms with van der Waals surface area (Å²) >= 11 is 0. The van der Waals surface area contributed by atoms with Gasteiger partial charge in [0.15, 0.2) is 0 Å². The van der Waals surface area contributed by atoms with E-state index in [0.29, 0.717) is 11.1 Å². The molecule has 0 heterocycles. The molecule has 0 spiro atoms. The van der Waals surface area contributed by atoms with E-state index < -0.39 is 56.2 Å². The van der Waals surface area contributed by atoms with E-state index >= 15 is 0 Å². The van der Waals surface area contributed by atoms with Crippen LogP contribution >= 0.6 is 0 Å². The number of aryl methyl sites for hydroxylation is 2. The molecule has 0 aliphatic heterocycles. The lowest BCUT2D eigenvalue weighted by atomic mass is 10.0. The van der Waals surface area contributed by atoms with Gasteiger partial charge in [-0.15, -0.1) is 0 Å². The third-order valence-corrected chi connectivity index (χ3v) is 5.98. The third kappa shape index (κ3) is 6.93. The molecule has 2 rings (SSSR count). The van der Waals surface area contributed by atoms with E-state index in [1.165, 1.54) is 38.1 Å². The Morgan fingerprint density at radius 3 is 1.31 bits per heavy atom. The Kier molecular flexibility index (Phi) is 8.79. The van der Waals surface area contributed by atoms with Gasteiger partial charge in [-0.3, -0.25) is 19.2 Å². The van der Waals surface area contributed by atoms with E-state index in [2.05, 4.69) is 10.6 Å². The highest BCUT2D eigenvalue weighted by Crippen LogP contribution is 2.16. The predicted molar refractivity (Wildman–Crippen MR) is 126 cm³/mol. The summed E-state index contributed by atoms with van der Waals surface area (Å²) in [6.07, 6.45) is 0. The van der Waals surface area contributed by atoms with Crippen molar-refractivity contribution in [3.05, 3.63) is 69.8 Å². The minimum atomic E-state index is -1.25. The molecular weight excluding hydrogens is 472 g/mol. The summed E-state index contributed by atoms with van der Waals surface area (Å²) < 4.78 is 0. The molecule has 10 nitrogen and oxygen atoms in total. The number of carbonyl (C=O) groups excluding carboxylic acids is 4. The van der Waals surface area contributed by atoms with E-state index in [-0.39, 0.29) is 22.3 Å². The van der Waals surface area contributed by atoms with Gasteiger partial charge in [-0.2, -0.15) is 0 Å². The minimum absolute atomic E-state index is 0.0602. The molecule has 4 N–H and O–H groups in total. The lowest BCUT2D eigenvalue weighted by Gasteiger charge is -2.14. The molecule has 0 saturated carbocycles. The van der Waals surface area contributed by atoms with Gasteiger partial charge >= 0.3 is 11.9 Å². The molecule has 0 aliphatic carbocycles. The molecular formula is C24H24N2O8Si. The molecule has 2 aromatic carbocycles. The van der Waals surface area contributed by atoms with Crippen molar-refractivity contribution in [2.45, 2.75) is 39.8 Å². The van der Waals surface area contributed by atoms with Crippen molar-refractivity contribution in [1.82, 2.24) is 10.6 Å². The monoisotopic (exact) mass is 496 g/mol. The van der Waals surface area contributed by atoms with Gasteiger partial charge in [-0.1, -0.05) is 35.4 Å². The first kappa shape index (κ1) is 27.1. The quantitative estimate of drug-likeness (QED) is 0.358. The van der Waals surface area contributed by atoms with Crippen LogP contribution in [0, 0.1) is 13.8 Å². The van der Waals surface area contributed by atoms with Crippen LogP contribution in [0.2, 0.25) is 0 Å². The minimum Gasteiger partial charge on any atom is -0.480 e. The van der Waals surface area contributed by atoms with Crippen molar-refractivity contribution < 1.29 is 39.0 Å². The Morgan fingerprint density at radius 1 is 0.657 bits per heavy atom. The maximum absolute atomic E-state index is 13.0. The Labute approximate surface area is 203 Å². The molecule has 35 heavy (non-hydrogen) atoms. The lowest BCUT2D eigenvalue weighted by Crippen LogP contribution is -2.39. The largest absolute Gasteiger partial charge is 0.480 e. The van der Waals surface area contributed by atoms with Crippen LogP contribution < -0.4 is 10.6 Å². The zero-order valence-electron chi connectivity index (χ0n) is 19.5. The highest BCUT2D eigenvalue weighted by molar-refractivity contribution is 7.01. The summed E-state index contributed by atoms with van der Waals surface area (Å²) in [5.74, 6) is -4.05. The molecule has 182 valence electrons. The zero-order valence-corrected chi connectivity index (χ0v) is 20.5. The molecule has 2 aromatic rings. The van der Waals surface area contributed by atoms with Crippen LogP contribution in [-0.4, -0.2) is 66.4 Å². The summed E-state index contributed by atoms with van der Waals surface area (Å²) in [5.41, 5.74) is 1.04. The number of amides is 2. The van der Waals surface area contributed by atoms with Gasteiger partial charge in [-0.05, 0) is 39.8 Å². The summed E-state index contributed by atoms with van der Waals surface area (Å²) in [4.78, 5) is 73.4. The van der Waals surface area contributed by atoms with E-state index in [1.807, 2.05) is 0 Å². The molecule has 2 radical (unpaired) electrons. The maximum Gasteiger partial charge on any atom is 0.325 e. The Morgan fingerprint density at radius 2 is 1.00 bits per heavy atom. The van der Waals surface area contributed by atoms with E-state index in [4.69, 9.17) is 10.2 Å². The van der Waals surface area contributed by atoms with E-state index in [1.54, 1.807) is 26.0 Å². The van der Waals surface area contributed by atoms with Crippen molar-refractivity contribution in [2.75, 3.05) is 0 Å². The lowest BCUT2D eigenvalue weighted by molar-refractivity contribution is -0.139. The molecule has 2 amide bonds. The fourth-order valence-corrected chi connectivity index (χ4v) is 3.91. The summed E-state index contributed by atoms with van der Waals surface area (Å²) in [7, 11) is -0.981. The molecule has 11 heteroatoms. The number of carboxylic acid groups (broad SMARTS) is 2. The number of hydrogen-bond acceptors (Lipinski definition) is 6. The number of carbonyl (C=O) groups is 6. The predicted octanol–water partition coefficient (Wildman–Crippen LogP) is 1.39. The molecule has 0 unspecified atom stereocenters. The first-order valence-electron chi connectivity index (χ1n) is 10.5. The number of rotatable bonds is 10. The Hall–Kier alpha value is -4.12. The van der Waals surface area contributed by atoms with Gasteiger partial charge in [0.25, 0.3) is 11.8 Å². The summed E-state index contributed by atoms with van der Waals surface area (Å²) in [6, 6.07) is 6.38. The number of carboxylic acids is 2.